The summed E-state index contributed by atoms with van der Waals surface area (Å²) in [6.07, 6.45) is 0. The maximum absolute atomic E-state index is 12.5. The molecule has 0 unspecified atom stereocenters. The standard InChI is InChI=1S/C13H17N5O2S/c1-7-4-5-10(13(14)15)6-11(7)18-21(19,20)12-8(2)16-17-9(12)3/h4-6,18H,1-3H3,(H3,14,15)(H,16,17). The summed E-state index contributed by atoms with van der Waals surface area (Å²) in [6, 6.07) is 4.92. The highest BCUT2D eigenvalue weighted by Crippen LogP contribution is 2.23. The molecule has 2 rings (SSSR count). The fraction of sp³-hybridized carbons (Fsp3) is 0.231. The number of aromatic nitrogens is 2. The van der Waals surface area contributed by atoms with E-state index in [9.17, 15) is 8.42 Å². The van der Waals surface area contributed by atoms with Gasteiger partial charge in [0.2, 0.25) is 0 Å². The number of nitrogens with zero attached hydrogens (tertiary/aromatic N) is 1. The van der Waals surface area contributed by atoms with E-state index in [-0.39, 0.29) is 10.7 Å². The van der Waals surface area contributed by atoms with Crippen molar-refractivity contribution in [2.24, 2.45) is 5.73 Å². The van der Waals surface area contributed by atoms with E-state index in [2.05, 4.69) is 14.9 Å². The quantitative estimate of drug-likeness (QED) is 0.503. The molecule has 0 atom stereocenters. The molecule has 0 saturated carbocycles. The molecule has 1 aromatic carbocycles. The molecule has 0 fully saturated rings. The molecular weight excluding hydrogens is 290 g/mol. The molecule has 0 amide bonds. The largest absolute Gasteiger partial charge is 0.384 e. The first-order chi connectivity index (χ1) is 9.72. The first-order valence-corrected chi connectivity index (χ1v) is 7.70. The Kier molecular flexibility index (Phi) is 3.73. The number of rotatable bonds is 4. The van der Waals surface area contributed by atoms with Gasteiger partial charge >= 0.3 is 0 Å². The minimum absolute atomic E-state index is 0.119. The topological polar surface area (TPSA) is 125 Å². The summed E-state index contributed by atoms with van der Waals surface area (Å²) in [5, 5.41) is 14.0. The third-order valence-corrected chi connectivity index (χ3v) is 4.75. The van der Waals surface area contributed by atoms with Crippen LogP contribution in [0.5, 0.6) is 0 Å². The van der Waals surface area contributed by atoms with E-state index >= 15 is 0 Å². The number of nitrogens with one attached hydrogen (secondary N) is 3. The van der Waals surface area contributed by atoms with Crippen LogP contribution in [-0.4, -0.2) is 24.5 Å². The van der Waals surface area contributed by atoms with E-state index in [0.29, 0.717) is 22.6 Å². The van der Waals surface area contributed by atoms with Crippen LogP contribution in [0.4, 0.5) is 5.69 Å². The number of anilines is 1. The van der Waals surface area contributed by atoms with Gasteiger partial charge in [0.1, 0.15) is 10.7 Å². The fourth-order valence-corrected chi connectivity index (χ4v) is 3.53. The van der Waals surface area contributed by atoms with E-state index in [1.807, 2.05) is 0 Å². The molecule has 0 bridgehead atoms. The van der Waals surface area contributed by atoms with E-state index in [1.54, 1.807) is 39.0 Å². The molecule has 112 valence electrons. The monoisotopic (exact) mass is 307 g/mol. The molecule has 7 nitrogen and oxygen atoms in total. The summed E-state index contributed by atoms with van der Waals surface area (Å²) in [7, 11) is -3.75. The number of amidine groups is 1. The van der Waals surface area contributed by atoms with Crippen LogP contribution in [0.15, 0.2) is 23.1 Å². The van der Waals surface area contributed by atoms with Crippen molar-refractivity contribution in [3.05, 3.63) is 40.7 Å². The number of H-pyrrole nitrogens is 1. The van der Waals surface area contributed by atoms with Crippen LogP contribution in [0.2, 0.25) is 0 Å². The van der Waals surface area contributed by atoms with Gasteiger partial charge in [-0.05, 0) is 32.4 Å². The number of benzene rings is 1. The number of sulfonamides is 1. The van der Waals surface area contributed by atoms with E-state index in [4.69, 9.17) is 11.1 Å². The summed E-state index contributed by atoms with van der Waals surface area (Å²) in [6.45, 7) is 5.04. The van der Waals surface area contributed by atoms with Crippen molar-refractivity contribution in [1.82, 2.24) is 10.2 Å². The van der Waals surface area contributed by atoms with Crippen molar-refractivity contribution in [3.63, 3.8) is 0 Å². The van der Waals surface area contributed by atoms with Crippen LogP contribution < -0.4 is 10.5 Å². The molecular formula is C13H17N5O2S. The van der Waals surface area contributed by atoms with Gasteiger partial charge in [-0.25, -0.2) is 8.42 Å². The predicted octanol–water partition coefficient (Wildman–Crippen LogP) is 1.42. The lowest BCUT2D eigenvalue weighted by molar-refractivity contribution is 0.600. The van der Waals surface area contributed by atoms with Gasteiger partial charge in [0.15, 0.2) is 0 Å². The average Bonchev–Trinajstić information content (AvgIpc) is 2.71. The van der Waals surface area contributed by atoms with Gasteiger partial charge in [-0.15, -0.1) is 0 Å². The third kappa shape index (κ3) is 2.89. The first-order valence-electron chi connectivity index (χ1n) is 6.22. The van der Waals surface area contributed by atoms with Crippen LogP contribution in [0.3, 0.4) is 0 Å². The minimum atomic E-state index is -3.75. The van der Waals surface area contributed by atoms with Crippen molar-refractivity contribution in [3.8, 4) is 0 Å². The number of nitrogen functional groups attached to an aromatic ring is 1. The second-order valence-corrected chi connectivity index (χ2v) is 6.43. The zero-order chi connectivity index (χ0) is 15.8. The Morgan fingerprint density at radius 2 is 2.00 bits per heavy atom. The minimum Gasteiger partial charge on any atom is -0.384 e. The average molecular weight is 307 g/mol. The summed E-state index contributed by atoms with van der Waals surface area (Å²) in [5.74, 6) is -0.119. The van der Waals surface area contributed by atoms with Crippen molar-refractivity contribution < 1.29 is 8.42 Å². The molecule has 0 saturated heterocycles. The van der Waals surface area contributed by atoms with Gasteiger partial charge in [-0.3, -0.25) is 15.2 Å². The van der Waals surface area contributed by atoms with E-state index in [1.165, 1.54) is 0 Å². The molecule has 21 heavy (non-hydrogen) atoms. The van der Waals surface area contributed by atoms with Crippen molar-refractivity contribution in [1.29, 1.82) is 5.41 Å². The Labute approximate surface area is 123 Å². The third-order valence-electron chi connectivity index (χ3n) is 3.12. The number of aryl methyl sites for hydroxylation is 3. The lowest BCUT2D eigenvalue weighted by Gasteiger charge is -2.12. The highest BCUT2D eigenvalue weighted by molar-refractivity contribution is 7.92. The predicted molar refractivity (Wildman–Crippen MR) is 81.1 cm³/mol. The first kappa shape index (κ1) is 15.0. The number of aromatic amines is 1. The van der Waals surface area contributed by atoms with Crippen LogP contribution in [0, 0.1) is 26.2 Å². The Balaban J connectivity index is 2.46. The Bertz CT molecular complexity index is 788. The molecule has 2 aromatic rings. The van der Waals surface area contributed by atoms with Gasteiger partial charge in [0.05, 0.1) is 17.1 Å². The van der Waals surface area contributed by atoms with Gasteiger partial charge < -0.3 is 5.73 Å². The van der Waals surface area contributed by atoms with Gasteiger partial charge in [0.25, 0.3) is 10.0 Å². The van der Waals surface area contributed by atoms with Gasteiger partial charge in [-0.1, -0.05) is 12.1 Å². The van der Waals surface area contributed by atoms with Gasteiger partial charge in [0, 0.05) is 5.56 Å². The molecule has 0 aliphatic carbocycles. The number of hydrogen-bond donors (Lipinski definition) is 4. The number of hydrogen-bond acceptors (Lipinski definition) is 4. The van der Waals surface area contributed by atoms with E-state index in [0.717, 1.165) is 5.56 Å². The van der Waals surface area contributed by atoms with Crippen LogP contribution in [0.1, 0.15) is 22.5 Å². The SMILES string of the molecule is Cc1ccc(C(=N)N)cc1NS(=O)(=O)c1c(C)n[nH]c1C. The van der Waals surface area contributed by atoms with Gasteiger partial charge in [-0.2, -0.15) is 5.10 Å². The molecule has 8 heteroatoms. The molecule has 1 aromatic heterocycles. The summed E-state index contributed by atoms with van der Waals surface area (Å²) < 4.78 is 27.5. The molecule has 0 spiro atoms. The van der Waals surface area contributed by atoms with Crippen molar-refractivity contribution in [2.75, 3.05) is 4.72 Å². The fourth-order valence-electron chi connectivity index (χ4n) is 2.03. The highest BCUT2D eigenvalue weighted by atomic mass is 32.2. The second kappa shape index (κ2) is 5.21. The lowest BCUT2D eigenvalue weighted by Crippen LogP contribution is -2.17. The zero-order valence-corrected chi connectivity index (χ0v) is 12.8. The molecule has 0 aliphatic rings. The molecule has 1 heterocycles. The Morgan fingerprint density at radius 1 is 1.33 bits per heavy atom. The maximum atomic E-state index is 12.5. The zero-order valence-electron chi connectivity index (χ0n) is 12.0. The normalized spacial score (nSPS) is 11.4. The molecule has 5 N–H and O–H groups in total. The smallest absolute Gasteiger partial charge is 0.265 e. The second-order valence-electron chi connectivity index (χ2n) is 4.81. The summed E-state index contributed by atoms with van der Waals surface area (Å²) >= 11 is 0. The Hall–Kier alpha value is -2.35. The lowest BCUT2D eigenvalue weighted by atomic mass is 10.1. The number of nitrogens with two attached hydrogens (primary N) is 1. The maximum Gasteiger partial charge on any atom is 0.265 e. The van der Waals surface area contributed by atoms with Crippen molar-refractivity contribution >= 4 is 21.5 Å². The van der Waals surface area contributed by atoms with Crippen LogP contribution in [-0.2, 0) is 10.0 Å². The van der Waals surface area contributed by atoms with Crippen LogP contribution >= 0.6 is 0 Å². The summed E-state index contributed by atoms with van der Waals surface area (Å²) in [4.78, 5) is 0.134. The Morgan fingerprint density at radius 3 is 2.52 bits per heavy atom. The molecule has 0 aliphatic heterocycles. The highest BCUT2D eigenvalue weighted by Gasteiger charge is 2.23. The van der Waals surface area contributed by atoms with Crippen molar-refractivity contribution in [2.45, 2.75) is 25.7 Å². The van der Waals surface area contributed by atoms with E-state index < -0.39 is 10.0 Å². The molecule has 0 radical (unpaired) electrons. The summed E-state index contributed by atoms with van der Waals surface area (Å²) in [5.41, 5.74) is 7.89. The van der Waals surface area contributed by atoms with Crippen LogP contribution in [0.25, 0.3) is 0 Å².